The number of ether oxygens (including phenoxy) is 2. The van der Waals surface area contributed by atoms with Crippen molar-refractivity contribution in [3.63, 3.8) is 0 Å². The number of hydrogen-bond acceptors (Lipinski definition) is 11. The van der Waals surface area contributed by atoms with Gasteiger partial charge in [-0.05, 0) is 38.1 Å². The second kappa shape index (κ2) is 10.5. The number of hydrogen-bond donors (Lipinski definition) is 1. The lowest BCUT2D eigenvalue weighted by molar-refractivity contribution is 0.0525. The predicted molar refractivity (Wildman–Crippen MR) is 150 cm³/mol. The van der Waals surface area contributed by atoms with E-state index < -0.39 is 5.97 Å². The minimum atomic E-state index is -0.428. The first-order chi connectivity index (χ1) is 19.0. The Bertz CT molecular complexity index is 1640. The van der Waals surface area contributed by atoms with Gasteiger partial charge < -0.3 is 24.3 Å². The Hall–Kier alpha value is -4.16. The number of fused-ring (bicyclic) bond motifs is 2. The highest BCUT2D eigenvalue weighted by molar-refractivity contribution is 7.19. The third-order valence-corrected chi connectivity index (χ3v) is 7.56. The van der Waals surface area contributed by atoms with E-state index in [0.717, 1.165) is 56.4 Å². The summed E-state index contributed by atoms with van der Waals surface area (Å²) in [6.45, 7) is 7.49. The van der Waals surface area contributed by atoms with Gasteiger partial charge in [0, 0.05) is 43.0 Å². The highest BCUT2D eigenvalue weighted by Crippen LogP contribution is 2.35. The molecule has 0 radical (unpaired) electrons. The van der Waals surface area contributed by atoms with E-state index in [1.807, 2.05) is 31.0 Å². The van der Waals surface area contributed by atoms with Gasteiger partial charge in [0.25, 0.3) is 0 Å². The summed E-state index contributed by atoms with van der Waals surface area (Å²) < 4.78 is 11.7. The van der Waals surface area contributed by atoms with Gasteiger partial charge >= 0.3 is 5.97 Å². The maximum absolute atomic E-state index is 11.9. The number of anilines is 2. The number of aromatic amines is 1. The molecular formula is C27H28N8O3S. The zero-order valence-electron chi connectivity index (χ0n) is 22.0. The molecule has 4 aromatic heterocycles. The summed E-state index contributed by atoms with van der Waals surface area (Å²) in [6, 6.07) is 8.18. The van der Waals surface area contributed by atoms with E-state index >= 15 is 0 Å². The van der Waals surface area contributed by atoms with Crippen LogP contribution in [0.3, 0.4) is 0 Å². The molecule has 200 valence electrons. The number of carbonyl (C=O) groups is 1. The van der Waals surface area contributed by atoms with E-state index in [1.54, 1.807) is 18.3 Å². The molecule has 0 unspecified atom stereocenters. The van der Waals surface area contributed by atoms with E-state index in [0.29, 0.717) is 43.7 Å². The van der Waals surface area contributed by atoms with E-state index in [4.69, 9.17) is 19.4 Å². The molecule has 5 aromatic rings. The van der Waals surface area contributed by atoms with Crippen LogP contribution in [-0.4, -0.2) is 75.8 Å². The van der Waals surface area contributed by atoms with Gasteiger partial charge in [-0.3, -0.25) is 0 Å². The van der Waals surface area contributed by atoms with Crippen LogP contribution in [0, 0.1) is 6.92 Å². The molecule has 0 aliphatic carbocycles. The van der Waals surface area contributed by atoms with Crippen LogP contribution in [0.25, 0.3) is 32.6 Å². The molecule has 1 aromatic carbocycles. The molecule has 0 spiro atoms. The Morgan fingerprint density at radius 1 is 1.13 bits per heavy atom. The summed E-state index contributed by atoms with van der Waals surface area (Å²) in [7, 11) is 1.92. The number of aryl methyl sites for hydroxylation is 1. The van der Waals surface area contributed by atoms with Crippen LogP contribution in [0.1, 0.15) is 28.0 Å². The van der Waals surface area contributed by atoms with Crippen molar-refractivity contribution in [2.45, 2.75) is 20.4 Å². The number of nitrogens with one attached hydrogen (secondary N) is 1. The van der Waals surface area contributed by atoms with Crippen LogP contribution < -0.4 is 9.80 Å². The molecule has 6 rings (SSSR count). The summed E-state index contributed by atoms with van der Waals surface area (Å²) in [6.07, 6.45) is 2.99. The normalized spacial score (nSPS) is 13.8. The van der Waals surface area contributed by atoms with Crippen molar-refractivity contribution >= 4 is 50.3 Å². The number of carbonyl (C=O) groups excluding carboxylic acids is 1. The first kappa shape index (κ1) is 25.1. The maximum Gasteiger partial charge on any atom is 0.341 e. The SMILES string of the molecule is CCOC(=O)c1cnc(N(C)Cc2cc3nc(-c4ccc5nc(C)[nH]c5c4)nc(N4CCOCC4)c3s2)nc1. The fourth-order valence-electron chi connectivity index (χ4n) is 4.58. The van der Waals surface area contributed by atoms with Crippen molar-refractivity contribution in [2.24, 2.45) is 0 Å². The molecule has 0 bridgehead atoms. The van der Waals surface area contributed by atoms with Gasteiger partial charge in [-0.1, -0.05) is 0 Å². The van der Waals surface area contributed by atoms with Crippen molar-refractivity contribution in [1.29, 1.82) is 0 Å². The van der Waals surface area contributed by atoms with Gasteiger partial charge in [0.1, 0.15) is 5.82 Å². The lowest BCUT2D eigenvalue weighted by Crippen LogP contribution is -2.36. The minimum absolute atomic E-state index is 0.306. The Kier molecular flexibility index (Phi) is 6.79. The predicted octanol–water partition coefficient (Wildman–Crippen LogP) is 3.98. The average molecular weight is 545 g/mol. The number of aromatic nitrogens is 6. The van der Waals surface area contributed by atoms with Crippen molar-refractivity contribution in [3.05, 3.63) is 52.9 Å². The van der Waals surface area contributed by atoms with E-state index in [2.05, 4.69) is 37.0 Å². The van der Waals surface area contributed by atoms with Gasteiger partial charge in [-0.15, -0.1) is 11.3 Å². The lowest BCUT2D eigenvalue weighted by atomic mass is 10.2. The van der Waals surface area contributed by atoms with Gasteiger partial charge in [0.15, 0.2) is 11.6 Å². The van der Waals surface area contributed by atoms with E-state index in [9.17, 15) is 4.79 Å². The van der Waals surface area contributed by atoms with Gasteiger partial charge in [0.05, 0.1) is 53.2 Å². The molecule has 1 aliphatic heterocycles. The van der Waals surface area contributed by atoms with Crippen LogP contribution in [0.2, 0.25) is 0 Å². The Balaban J connectivity index is 1.33. The fraction of sp³-hybridized carbons (Fsp3) is 0.333. The van der Waals surface area contributed by atoms with Crippen LogP contribution in [-0.2, 0) is 16.0 Å². The van der Waals surface area contributed by atoms with Gasteiger partial charge in [-0.25, -0.2) is 29.7 Å². The summed E-state index contributed by atoms with van der Waals surface area (Å²) in [5, 5.41) is 0. The Labute approximate surface area is 228 Å². The minimum Gasteiger partial charge on any atom is -0.462 e. The molecule has 0 amide bonds. The van der Waals surface area contributed by atoms with Crippen molar-refractivity contribution in [2.75, 3.05) is 49.8 Å². The summed E-state index contributed by atoms with van der Waals surface area (Å²) >= 11 is 1.67. The van der Waals surface area contributed by atoms with Crippen LogP contribution in [0.15, 0.2) is 36.7 Å². The number of benzene rings is 1. The summed E-state index contributed by atoms with van der Waals surface area (Å²) in [5.74, 6) is 2.56. The average Bonchev–Trinajstić information content (AvgIpc) is 3.54. The van der Waals surface area contributed by atoms with Crippen LogP contribution in [0.4, 0.5) is 11.8 Å². The topological polar surface area (TPSA) is 122 Å². The number of morpholine rings is 1. The first-order valence-corrected chi connectivity index (χ1v) is 13.6. The van der Waals surface area contributed by atoms with Gasteiger partial charge in [-0.2, -0.15) is 0 Å². The Morgan fingerprint density at radius 3 is 2.69 bits per heavy atom. The molecular weight excluding hydrogens is 516 g/mol. The molecule has 5 heterocycles. The summed E-state index contributed by atoms with van der Waals surface area (Å²) in [4.78, 5) is 43.8. The van der Waals surface area contributed by atoms with Crippen LogP contribution in [0.5, 0.6) is 0 Å². The van der Waals surface area contributed by atoms with Crippen molar-refractivity contribution in [3.8, 4) is 11.4 Å². The zero-order chi connectivity index (χ0) is 26.9. The highest BCUT2D eigenvalue weighted by atomic mass is 32.1. The molecule has 1 N–H and O–H groups in total. The first-order valence-electron chi connectivity index (χ1n) is 12.8. The van der Waals surface area contributed by atoms with Gasteiger partial charge in [0.2, 0.25) is 5.95 Å². The number of imidazole rings is 1. The van der Waals surface area contributed by atoms with E-state index in [-0.39, 0.29) is 0 Å². The number of rotatable bonds is 7. The number of nitrogens with zero attached hydrogens (tertiary/aromatic N) is 7. The van der Waals surface area contributed by atoms with Crippen LogP contribution >= 0.6 is 11.3 Å². The third kappa shape index (κ3) is 5.12. The van der Waals surface area contributed by atoms with E-state index in [1.165, 1.54) is 12.4 Å². The molecule has 0 saturated carbocycles. The van der Waals surface area contributed by atoms with Crippen molar-refractivity contribution in [1.82, 2.24) is 29.9 Å². The monoisotopic (exact) mass is 544 g/mol. The second-order valence-electron chi connectivity index (χ2n) is 9.30. The standard InChI is InChI=1S/C27H28N8O3S/c1-4-38-26(36)18-13-28-27(29-14-18)34(3)15-19-12-22-23(39-19)25(35-7-9-37-10-8-35)33-24(32-22)17-5-6-20-21(11-17)31-16(2)30-20/h5-6,11-14H,4,7-10,15H2,1-3H3,(H,30,31). The number of H-pyrrole nitrogens is 1. The largest absolute Gasteiger partial charge is 0.462 e. The molecule has 12 heteroatoms. The quantitative estimate of drug-likeness (QED) is 0.301. The lowest BCUT2D eigenvalue weighted by Gasteiger charge is -2.28. The smallest absolute Gasteiger partial charge is 0.341 e. The third-order valence-electron chi connectivity index (χ3n) is 6.46. The molecule has 1 aliphatic rings. The molecule has 39 heavy (non-hydrogen) atoms. The highest BCUT2D eigenvalue weighted by Gasteiger charge is 2.21. The zero-order valence-corrected chi connectivity index (χ0v) is 22.8. The second-order valence-corrected chi connectivity index (χ2v) is 10.4. The Morgan fingerprint density at radius 2 is 1.92 bits per heavy atom. The number of esters is 1. The molecule has 1 fully saturated rings. The molecule has 0 atom stereocenters. The number of thiophene rings is 1. The summed E-state index contributed by atoms with van der Waals surface area (Å²) in [5.41, 5.74) is 4.04. The van der Waals surface area contributed by atoms with Crippen molar-refractivity contribution < 1.29 is 14.3 Å². The molecule has 1 saturated heterocycles. The maximum atomic E-state index is 11.9. The molecule has 11 nitrogen and oxygen atoms in total. The fourth-order valence-corrected chi connectivity index (χ4v) is 5.75.